The van der Waals surface area contributed by atoms with Crippen LogP contribution in [0, 0.1) is 20.8 Å². The molecule has 1 amide bonds. The van der Waals surface area contributed by atoms with Crippen molar-refractivity contribution in [1.82, 2.24) is 5.43 Å². The van der Waals surface area contributed by atoms with Crippen LogP contribution in [0.5, 0.6) is 11.5 Å². The first-order chi connectivity index (χ1) is 14.4. The van der Waals surface area contributed by atoms with Crippen LogP contribution in [-0.4, -0.2) is 19.2 Å². The summed E-state index contributed by atoms with van der Waals surface area (Å²) in [6.07, 6.45) is 3.03. The van der Waals surface area contributed by atoms with Gasteiger partial charge in [0.25, 0.3) is 5.91 Å². The van der Waals surface area contributed by atoms with E-state index in [1.165, 1.54) is 6.26 Å². The number of methoxy groups -OCH3 is 1. The number of nitrogens with one attached hydrogen (secondary N) is 1. The van der Waals surface area contributed by atoms with E-state index in [-0.39, 0.29) is 5.91 Å². The Morgan fingerprint density at radius 3 is 2.53 bits per heavy atom. The Balaban J connectivity index is 1.70. The van der Waals surface area contributed by atoms with Gasteiger partial charge >= 0.3 is 0 Å². The van der Waals surface area contributed by atoms with Crippen molar-refractivity contribution in [2.45, 2.75) is 27.4 Å². The molecule has 0 aliphatic carbocycles. The summed E-state index contributed by atoms with van der Waals surface area (Å²) in [5, 5.41) is 4.77. The lowest BCUT2D eigenvalue weighted by Crippen LogP contribution is -2.17. The summed E-state index contributed by atoms with van der Waals surface area (Å²) >= 11 is 6.22. The highest BCUT2D eigenvalue weighted by molar-refractivity contribution is 6.32. The maximum atomic E-state index is 12.1. The average Bonchev–Trinajstić information content (AvgIpc) is 3.16. The van der Waals surface area contributed by atoms with Crippen molar-refractivity contribution in [2.75, 3.05) is 7.11 Å². The SMILES string of the molecule is COc1ccc(/C=N\NC(=O)c2ccoc2C)cc1COc1cc(C)c(Cl)c(C)c1. The summed E-state index contributed by atoms with van der Waals surface area (Å²) in [6.45, 7) is 5.92. The fourth-order valence-electron chi connectivity index (χ4n) is 2.99. The number of halogens is 1. The lowest BCUT2D eigenvalue weighted by molar-refractivity contribution is 0.0953. The van der Waals surface area contributed by atoms with E-state index in [1.54, 1.807) is 26.3 Å². The molecule has 156 valence electrons. The average molecular weight is 427 g/mol. The van der Waals surface area contributed by atoms with Gasteiger partial charge in [-0.1, -0.05) is 11.6 Å². The quantitative estimate of drug-likeness (QED) is 0.415. The number of benzene rings is 2. The van der Waals surface area contributed by atoms with Gasteiger partial charge < -0.3 is 13.9 Å². The number of furan rings is 1. The van der Waals surface area contributed by atoms with E-state index < -0.39 is 0 Å². The first kappa shape index (κ1) is 21.5. The van der Waals surface area contributed by atoms with Gasteiger partial charge in [-0.05, 0) is 73.9 Å². The van der Waals surface area contributed by atoms with Crippen LogP contribution in [-0.2, 0) is 6.61 Å². The van der Waals surface area contributed by atoms with Gasteiger partial charge in [0.2, 0.25) is 0 Å². The molecule has 7 heteroatoms. The van der Waals surface area contributed by atoms with Crippen molar-refractivity contribution in [3.63, 3.8) is 0 Å². The Hall–Kier alpha value is -3.25. The Morgan fingerprint density at radius 2 is 1.90 bits per heavy atom. The van der Waals surface area contributed by atoms with Crippen molar-refractivity contribution in [2.24, 2.45) is 5.10 Å². The molecular weight excluding hydrogens is 404 g/mol. The molecule has 1 aromatic heterocycles. The molecule has 0 unspecified atom stereocenters. The highest BCUT2D eigenvalue weighted by Gasteiger charge is 2.10. The van der Waals surface area contributed by atoms with Gasteiger partial charge in [-0.15, -0.1) is 0 Å². The smallest absolute Gasteiger partial charge is 0.274 e. The number of hydrogen-bond donors (Lipinski definition) is 1. The standard InChI is InChI=1S/C23H23ClN2O4/c1-14-9-19(10-15(2)22(14)24)30-13-18-11-17(5-6-21(18)28-4)12-25-26-23(27)20-7-8-29-16(20)3/h5-12H,13H2,1-4H3,(H,26,27)/b25-12-. The lowest BCUT2D eigenvalue weighted by atomic mass is 10.1. The molecule has 0 spiro atoms. The summed E-state index contributed by atoms with van der Waals surface area (Å²) in [7, 11) is 1.61. The number of rotatable bonds is 7. The Kier molecular flexibility index (Phi) is 6.79. The van der Waals surface area contributed by atoms with E-state index in [0.717, 1.165) is 33.0 Å². The molecule has 0 radical (unpaired) electrons. The largest absolute Gasteiger partial charge is 0.496 e. The Bertz CT molecular complexity index is 1070. The van der Waals surface area contributed by atoms with Crippen molar-refractivity contribution in [3.8, 4) is 11.5 Å². The molecule has 0 aliphatic heterocycles. The maximum Gasteiger partial charge on any atom is 0.274 e. The lowest BCUT2D eigenvalue weighted by Gasteiger charge is -2.13. The van der Waals surface area contributed by atoms with Crippen LogP contribution in [0.4, 0.5) is 0 Å². The summed E-state index contributed by atoms with van der Waals surface area (Å²) in [5.74, 6) is 1.65. The summed E-state index contributed by atoms with van der Waals surface area (Å²) in [5.41, 5.74) is 6.51. The number of aryl methyl sites for hydroxylation is 3. The fraction of sp³-hybridized carbons (Fsp3) is 0.217. The highest BCUT2D eigenvalue weighted by atomic mass is 35.5. The maximum absolute atomic E-state index is 12.1. The number of nitrogens with zero attached hydrogens (tertiary/aromatic N) is 1. The van der Waals surface area contributed by atoms with Gasteiger partial charge in [-0.3, -0.25) is 4.79 Å². The molecule has 0 atom stereocenters. The Labute approximate surface area is 180 Å². The molecule has 0 saturated carbocycles. The van der Waals surface area contributed by atoms with E-state index in [4.69, 9.17) is 25.5 Å². The van der Waals surface area contributed by atoms with Crippen molar-refractivity contribution in [3.05, 3.63) is 81.3 Å². The van der Waals surface area contributed by atoms with Crippen LogP contribution in [0.25, 0.3) is 0 Å². The van der Waals surface area contributed by atoms with Crippen LogP contribution in [0.15, 0.2) is 52.2 Å². The molecule has 0 saturated heterocycles. The van der Waals surface area contributed by atoms with E-state index in [9.17, 15) is 4.79 Å². The van der Waals surface area contributed by atoms with Crippen molar-refractivity contribution >= 4 is 23.7 Å². The van der Waals surface area contributed by atoms with Crippen LogP contribution in [0.1, 0.15) is 38.4 Å². The zero-order valence-corrected chi connectivity index (χ0v) is 18.0. The van der Waals surface area contributed by atoms with Crippen molar-refractivity contribution < 1.29 is 18.7 Å². The zero-order valence-electron chi connectivity index (χ0n) is 17.3. The molecular formula is C23H23ClN2O4. The molecule has 1 N–H and O–H groups in total. The molecule has 0 bridgehead atoms. The first-order valence-electron chi connectivity index (χ1n) is 9.33. The van der Waals surface area contributed by atoms with E-state index in [1.807, 2.05) is 44.2 Å². The summed E-state index contributed by atoms with van der Waals surface area (Å²) < 4.78 is 16.5. The highest BCUT2D eigenvalue weighted by Crippen LogP contribution is 2.27. The number of ether oxygens (including phenoxy) is 2. The minimum Gasteiger partial charge on any atom is -0.496 e. The minimum atomic E-state index is -0.331. The summed E-state index contributed by atoms with van der Waals surface area (Å²) in [4.78, 5) is 12.1. The fourth-order valence-corrected chi connectivity index (χ4v) is 3.10. The second kappa shape index (κ2) is 9.50. The molecule has 30 heavy (non-hydrogen) atoms. The molecule has 3 aromatic rings. The number of carbonyl (C=O) groups is 1. The van der Waals surface area contributed by atoms with Crippen LogP contribution in [0.2, 0.25) is 5.02 Å². The molecule has 1 heterocycles. The number of hydrogen-bond acceptors (Lipinski definition) is 5. The van der Waals surface area contributed by atoms with Crippen LogP contribution < -0.4 is 14.9 Å². The molecule has 3 rings (SSSR count). The first-order valence-corrected chi connectivity index (χ1v) is 9.70. The third kappa shape index (κ3) is 5.02. The van der Waals surface area contributed by atoms with Crippen LogP contribution in [0.3, 0.4) is 0 Å². The number of hydrazone groups is 1. The number of amides is 1. The molecule has 6 nitrogen and oxygen atoms in total. The van der Waals surface area contributed by atoms with E-state index in [0.29, 0.717) is 23.7 Å². The van der Waals surface area contributed by atoms with E-state index in [2.05, 4.69) is 10.5 Å². The summed E-state index contributed by atoms with van der Waals surface area (Å²) in [6, 6.07) is 11.0. The topological polar surface area (TPSA) is 73.1 Å². The van der Waals surface area contributed by atoms with Crippen molar-refractivity contribution in [1.29, 1.82) is 0 Å². The second-order valence-corrected chi connectivity index (χ2v) is 7.20. The van der Waals surface area contributed by atoms with Gasteiger partial charge in [0.15, 0.2) is 0 Å². The van der Waals surface area contributed by atoms with Gasteiger partial charge in [-0.2, -0.15) is 5.10 Å². The second-order valence-electron chi connectivity index (χ2n) is 6.82. The Morgan fingerprint density at radius 1 is 1.17 bits per heavy atom. The molecule has 0 fully saturated rings. The minimum absolute atomic E-state index is 0.311. The van der Waals surface area contributed by atoms with Gasteiger partial charge in [0.1, 0.15) is 23.9 Å². The zero-order chi connectivity index (χ0) is 21.7. The third-order valence-electron chi connectivity index (χ3n) is 4.59. The van der Waals surface area contributed by atoms with Gasteiger partial charge in [-0.25, -0.2) is 5.43 Å². The van der Waals surface area contributed by atoms with E-state index >= 15 is 0 Å². The predicted octanol–water partition coefficient (Wildman–Crippen LogP) is 5.21. The molecule has 2 aromatic carbocycles. The van der Waals surface area contributed by atoms with Gasteiger partial charge in [0, 0.05) is 10.6 Å². The monoisotopic (exact) mass is 426 g/mol. The predicted molar refractivity (Wildman–Crippen MR) is 117 cm³/mol. The normalized spacial score (nSPS) is 11.0. The molecule has 0 aliphatic rings. The third-order valence-corrected chi connectivity index (χ3v) is 5.19. The number of carbonyl (C=O) groups excluding carboxylic acids is 1. The van der Waals surface area contributed by atoms with Gasteiger partial charge in [0.05, 0.1) is 25.2 Å². The van der Waals surface area contributed by atoms with Crippen LogP contribution >= 0.6 is 11.6 Å².